The first-order valence-electron chi connectivity index (χ1n) is 10.2. The number of nitrogens with zero attached hydrogens (tertiary/aromatic N) is 2. The van der Waals surface area contributed by atoms with Gasteiger partial charge in [0.15, 0.2) is 5.82 Å². The van der Waals surface area contributed by atoms with Gasteiger partial charge in [-0.1, -0.05) is 30.3 Å². The summed E-state index contributed by atoms with van der Waals surface area (Å²) in [5.41, 5.74) is 1.12. The predicted octanol–water partition coefficient (Wildman–Crippen LogP) is 3.59. The highest BCUT2D eigenvalue weighted by Gasteiger charge is 2.31. The summed E-state index contributed by atoms with van der Waals surface area (Å²) in [6.45, 7) is 0.500. The summed E-state index contributed by atoms with van der Waals surface area (Å²) in [5.74, 6) is -0.739. The molecule has 3 aromatic rings. The van der Waals surface area contributed by atoms with Crippen LogP contribution < -0.4 is 20.7 Å². The number of anilines is 2. The molecule has 1 heterocycles. The molecule has 12 heteroatoms. The van der Waals surface area contributed by atoms with Crippen molar-refractivity contribution in [3.8, 4) is 5.75 Å². The van der Waals surface area contributed by atoms with Gasteiger partial charge in [-0.15, -0.1) is 13.2 Å². The van der Waals surface area contributed by atoms with Gasteiger partial charge in [0.1, 0.15) is 5.75 Å². The second-order valence-corrected chi connectivity index (χ2v) is 7.05. The zero-order chi connectivity index (χ0) is 24.6. The number of amides is 3. The minimum Gasteiger partial charge on any atom is -0.406 e. The van der Waals surface area contributed by atoms with Gasteiger partial charge in [0.25, 0.3) is 5.91 Å². The molecule has 0 atom stereocenters. The van der Waals surface area contributed by atoms with Crippen molar-refractivity contribution < 1.29 is 32.6 Å². The Bertz CT molecular complexity index is 1100. The Morgan fingerprint density at radius 1 is 1.03 bits per heavy atom. The van der Waals surface area contributed by atoms with E-state index in [2.05, 4.69) is 25.7 Å². The minimum absolute atomic E-state index is 0.0609. The summed E-state index contributed by atoms with van der Waals surface area (Å²) < 4.78 is 42.1. The molecule has 9 nitrogen and oxygen atoms in total. The Labute approximate surface area is 192 Å². The van der Waals surface area contributed by atoms with Crippen LogP contribution in [0.3, 0.4) is 0 Å². The summed E-state index contributed by atoms with van der Waals surface area (Å²) in [7, 11) is 0. The summed E-state index contributed by atoms with van der Waals surface area (Å²) in [6.07, 6.45) is -2.94. The predicted molar refractivity (Wildman–Crippen MR) is 118 cm³/mol. The monoisotopic (exact) mass is 477 g/mol. The molecule has 0 aliphatic carbocycles. The van der Waals surface area contributed by atoms with Crippen molar-refractivity contribution in [2.75, 3.05) is 23.8 Å². The second kappa shape index (κ2) is 11.2. The van der Waals surface area contributed by atoms with Crippen LogP contribution in [0.4, 0.5) is 29.5 Å². The van der Waals surface area contributed by atoms with E-state index in [4.69, 9.17) is 5.11 Å². The van der Waals surface area contributed by atoms with Gasteiger partial charge in [-0.3, -0.25) is 10.1 Å². The van der Waals surface area contributed by atoms with Gasteiger partial charge >= 0.3 is 12.4 Å². The van der Waals surface area contributed by atoms with Crippen molar-refractivity contribution in [3.05, 3.63) is 72.2 Å². The van der Waals surface area contributed by atoms with Crippen molar-refractivity contribution in [1.29, 1.82) is 0 Å². The molecule has 3 amide bonds. The molecule has 0 unspecified atom stereocenters. The van der Waals surface area contributed by atoms with E-state index >= 15 is 0 Å². The molecule has 0 aliphatic heterocycles. The molecular formula is C22H22F3N5O4. The van der Waals surface area contributed by atoms with Crippen molar-refractivity contribution in [2.24, 2.45) is 0 Å². The number of alkyl halides is 3. The molecule has 0 spiro atoms. The summed E-state index contributed by atoms with van der Waals surface area (Å²) in [5, 5.41) is 16.5. The molecular weight excluding hydrogens is 455 g/mol. The van der Waals surface area contributed by atoms with Gasteiger partial charge in [0, 0.05) is 31.6 Å². The Morgan fingerprint density at radius 3 is 2.38 bits per heavy atom. The number of hydrogen-bond donors (Lipinski definition) is 4. The van der Waals surface area contributed by atoms with Crippen molar-refractivity contribution in [1.82, 2.24) is 14.9 Å². The first-order valence-corrected chi connectivity index (χ1v) is 10.2. The van der Waals surface area contributed by atoms with Crippen LogP contribution in [-0.4, -0.2) is 46.1 Å². The van der Waals surface area contributed by atoms with Crippen LogP contribution in [0.1, 0.15) is 22.6 Å². The molecule has 2 aromatic carbocycles. The molecule has 34 heavy (non-hydrogen) atoms. The second-order valence-electron chi connectivity index (χ2n) is 7.05. The molecule has 0 bridgehead atoms. The number of imidazole rings is 1. The molecule has 1 aromatic heterocycles. The number of aliphatic hydroxyl groups is 1. The standard InChI is InChI=1S/C22H22F3N5O4/c23-22(24,25)34-17-9-7-16(8-10-17)27-21(33)29-18-14-30(13-15-5-2-1-3-6-15)19(28-18)20(32)26-11-4-12-31/h1-3,5-10,14,31H,4,11-13H2,(H,26,32)(H2,27,29,33). The number of halogens is 3. The highest BCUT2D eigenvalue weighted by molar-refractivity contribution is 5.99. The van der Waals surface area contributed by atoms with E-state index in [-0.39, 0.29) is 30.5 Å². The van der Waals surface area contributed by atoms with Crippen molar-refractivity contribution >= 4 is 23.4 Å². The van der Waals surface area contributed by atoms with Gasteiger partial charge in [-0.05, 0) is 36.2 Å². The van der Waals surface area contributed by atoms with Gasteiger partial charge in [-0.25, -0.2) is 9.78 Å². The molecule has 0 aliphatic rings. The van der Waals surface area contributed by atoms with Crippen LogP contribution in [0.15, 0.2) is 60.8 Å². The Morgan fingerprint density at radius 2 is 1.74 bits per heavy atom. The van der Waals surface area contributed by atoms with Crippen molar-refractivity contribution in [2.45, 2.75) is 19.3 Å². The summed E-state index contributed by atoms with van der Waals surface area (Å²) >= 11 is 0. The molecule has 0 radical (unpaired) electrons. The Kier molecular flexibility index (Phi) is 8.09. The minimum atomic E-state index is -4.81. The third-order valence-corrected chi connectivity index (χ3v) is 4.38. The lowest BCUT2D eigenvalue weighted by Crippen LogP contribution is -2.28. The highest BCUT2D eigenvalue weighted by atomic mass is 19.4. The van der Waals surface area contributed by atoms with E-state index in [1.54, 1.807) is 4.57 Å². The average Bonchev–Trinajstić information content (AvgIpc) is 3.17. The quantitative estimate of drug-likeness (QED) is 0.352. The van der Waals surface area contributed by atoms with Gasteiger partial charge in [0.05, 0.1) is 0 Å². The van der Waals surface area contributed by atoms with E-state index in [1.807, 2.05) is 30.3 Å². The number of carbonyl (C=O) groups is 2. The van der Waals surface area contributed by atoms with Crippen LogP contribution in [0.2, 0.25) is 0 Å². The van der Waals surface area contributed by atoms with E-state index in [1.165, 1.54) is 18.3 Å². The summed E-state index contributed by atoms with van der Waals surface area (Å²) in [6, 6.07) is 13.2. The zero-order valence-electron chi connectivity index (χ0n) is 17.8. The molecule has 0 saturated heterocycles. The van der Waals surface area contributed by atoms with Gasteiger partial charge in [0.2, 0.25) is 5.82 Å². The molecule has 4 N–H and O–H groups in total. The maximum Gasteiger partial charge on any atom is 0.573 e. The summed E-state index contributed by atoms with van der Waals surface area (Å²) in [4.78, 5) is 29.1. The highest BCUT2D eigenvalue weighted by Crippen LogP contribution is 2.24. The third-order valence-electron chi connectivity index (χ3n) is 4.38. The van der Waals surface area contributed by atoms with Crippen LogP contribution in [0.5, 0.6) is 5.75 Å². The molecule has 3 rings (SSSR count). The lowest BCUT2D eigenvalue weighted by Gasteiger charge is -2.10. The van der Waals surface area contributed by atoms with Gasteiger partial charge in [-0.2, -0.15) is 0 Å². The number of urea groups is 1. The van der Waals surface area contributed by atoms with Crippen LogP contribution in [0, 0.1) is 0 Å². The molecule has 0 saturated carbocycles. The largest absolute Gasteiger partial charge is 0.573 e. The van der Waals surface area contributed by atoms with Crippen molar-refractivity contribution in [3.63, 3.8) is 0 Å². The lowest BCUT2D eigenvalue weighted by molar-refractivity contribution is -0.274. The molecule has 180 valence electrons. The number of hydrogen-bond acceptors (Lipinski definition) is 5. The maximum atomic E-state index is 12.6. The van der Waals surface area contributed by atoms with E-state index < -0.39 is 24.1 Å². The third kappa shape index (κ3) is 7.52. The maximum absolute atomic E-state index is 12.6. The fraction of sp³-hybridized carbons (Fsp3) is 0.227. The van der Waals surface area contributed by atoms with Crippen LogP contribution in [-0.2, 0) is 6.54 Å². The van der Waals surface area contributed by atoms with E-state index in [9.17, 15) is 22.8 Å². The first-order chi connectivity index (χ1) is 16.2. The fourth-order valence-electron chi connectivity index (χ4n) is 2.94. The number of rotatable bonds is 9. The Hall–Kier alpha value is -4.06. The SMILES string of the molecule is O=C(Nc1ccc(OC(F)(F)F)cc1)Nc1cn(Cc2ccccc2)c(C(=O)NCCCO)n1. The fourth-order valence-corrected chi connectivity index (χ4v) is 2.94. The smallest absolute Gasteiger partial charge is 0.406 e. The van der Waals surface area contributed by atoms with E-state index in [0.717, 1.165) is 17.7 Å². The molecule has 0 fully saturated rings. The normalized spacial score (nSPS) is 11.1. The number of benzene rings is 2. The zero-order valence-corrected chi connectivity index (χ0v) is 17.8. The number of aliphatic hydroxyl groups excluding tert-OH is 1. The average molecular weight is 477 g/mol. The number of nitrogens with one attached hydrogen (secondary N) is 3. The number of ether oxygens (including phenoxy) is 1. The number of carbonyl (C=O) groups excluding carboxylic acids is 2. The van der Waals surface area contributed by atoms with Gasteiger partial charge < -0.3 is 25.0 Å². The lowest BCUT2D eigenvalue weighted by atomic mass is 10.2. The van der Waals surface area contributed by atoms with E-state index in [0.29, 0.717) is 13.0 Å². The Balaban J connectivity index is 1.69. The topological polar surface area (TPSA) is 118 Å². The van der Waals surface area contributed by atoms with Crippen LogP contribution in [0.25, 0.3) is 0 Å². The number of aromatic nitrogens is 2. The first kappa shape index (κ1) is 24.6. The van der Waals surface area contributed by atoms with Crippen LogP contribution >= 0.6 is 0 Å².